The van der Waals surface area contributed by atoms with Crippen molar-refractivity contribution in [1.29, 1.82) is 0 Å². The Morgan fingerprint density at radius 3 is 2.08 bits per heavy atom. The number of nitrogens with one attached hydrogen (secondary N) is 1. The van der Waals surface area contributed by atoms with Gasteiger partial charge < -0.3 is 10.1 Å². The molecule has 4 rings (SSSR count). The van der Waals surface area contributed by atoms with Crippen LogP contribution in [0.15, 0.2) is 84.0 Å². The van der Waals surface area contributed by atoms with E-state index in [1.807, 2.05) is 78.9 Å². The second-order valence-corrected chi connectivity index (χ2v) is 5.80. The maximum Gasteiger partial charge on any atom is 0.276 e. The van der Waals surface area contributed by atoms with Crippen molar-refractivity contribution < 1.29 is 9.53 Å². The number of ether oxygens (including phenoxy) is 1. The van der Waals surface area contributed by atoms with Crippen LogP contribution in [0.5, 0.6) is 5.75 Å². The summed E-state index contributed by atoms with van der Waals surface area (Å²) in [7, 11) is 1.60. The van der Waals surface area contributed by atoms with Crippen molar-refractivity contribution in [2.75, 3.05) is 17.4 Å². The summed E-state index contributed by atoms with van der Waals surface area (Å²) >= 11 is 0. The van der Waals surface area contributed by atoms with Gasteiger partial charge in [-0.15, -0.1) is 0 Å². The average Bonchev–Trinajstić information content (AvgIpc) is 3.01. The molecule has 0 bridgehead atoms. The quantitative estimate of drug-likeness (QED) is 0.723. The number of para-hydroxylation sites is 2. The van der Waals surface area contributed by atoms with E-state index in [1.54, 1.807) is 12.1 Å². The highest BCUT2D eigenvalue weighted by atomic mass is 16.5. The van der Waals surface area contributed by atoms with Crippen LogP contribution in [0.2, 0.25) is 0 Å². The smallest absolute Gasteiger partial charge is 0.276 e. The third kappa shape index (κ3) is 2.91. The number of carbonyl (C=O) groups is 1. The van der Waals surface area contributed by atoms with Crippen LogP contribution in [0.4, 0.5) is 17.1 Å². The summed E-state index contributed by atoms with van der Waals surface area (Å²) in [4.78, 5) is 12.5. The second kappa shape index (κ2) is 6.72. The standard InChI is InChI=1S/C21H17N3O2/c1-26-17-12-13-19-18(14-17)20(21(25)22-19)23-24(15-8-4-2-5-9-15)16-10-6-3-7-11-16/h2-14H,1H3,(H,22,23,25). The maximum absolute atomic E-state index is 12.5. The Hall–Kier alpha value is -3.60. The zero-order valence-corrected chi connectivity index (χ0v) is 14.2. The molecule has 3 aromatic rings. The molecule has 3 aromatic carbocycles. The number of rotatable bonds is 4. The lowest BCUT2D eigenvalue weighted by atomic mass is 10.1. The SMILES string of the molecule is COc1ccc2c(c1)/C(=N\N(c1ccccc1)c1ccccc1)C(=O)N2. The highest BCUT2D eigenvalue weighted by Gasteiger charge is 2.28. The zero-order chi connectivity index (χ0) is 17.9. The van der Waals surface area contributed by atoms with Gasteiger partial charge in [-0.05, 0) is 42.5 Å². The second-order valence-electron chi connectivity index (χ2n) is 5.80. The molecule has 26 heavy (non-hydrogen) atoms. The van der Waals surface area contributed by atoms with Gasteiger partial charge in [0, 0.05) is 5.56 Å². The molecule has 1 aliphatic heterocycles. The normalized spacial score (nSPS) is 14.0. The number of fused-ring (bicyclic) bond motifs is 1. The van der Waals surface area contributed by atoms with Gasteiger partial charge in [-0.25, -0.2) is 5.01 Å². The van der Waals surface area contributed by atoms with Gasteiger partial charge >= 0.3 is 0 Å². The number of benzene rings is 3. The molecule has 0 fully saturated rings. The maximum atomic E-state index is 12.5. The Labute approximate surface area is 151 Å². The molecule has 0 aromatic heterocycles. The van der Waals surface area contributed by atoms with Crippen molar-refractivity contribution in [1.82, 2.24) is 0 Å². The van der Waals surface area contributed by atoms with E-state index in [2.05, 4.69) is 5.32 Å². The van der Waals surface area contributed by atoms with Gasteiger partial charge in [-0.2, -0.15) is 5.10 Å². The van der Waals surface area contributed by atoms with Crippen molar-refractivity contribution >= 4 is 28.7 Å². The van der Waals surface area contributed by atoms with E-state index in [1.165, 1.54) is 0 Å². The lowest BCUT2D eigenvalue weighted by Crippen LogP contribution is -2.20. The van der Waals surface area contributed by atoms with Crippen LogP contribution in [0, 0.1) is 0 Å². The molecule has 0 aliphatic carbocycles. The summed E-state index contributed by atoms with van der Waals surface area (Å²) in [5.74, 6) is 0.448. The van der Waals surface area contributed by atoms with Crippen molar-refractivity contribution in [3.63, 3.8) is 0 Å². The molecular weight excluding hydrogens is 326 g/mol. The minimum Gasteiger partial charge on any atom is -0.497 e. The number of hydrogen-bond donors (Lipinski definition) is 1. The Morgan fingerprint density at radius 1 is 0.885 bits per heavy atom. The van der Waals surface area contributed by atoms with E-state index in [0.29, 0.717) is 11.5 Å². The first kappa shape index (κ1) is 15.9. The predicted molar refractivity (Wildman–Crippen MR) is 103 cm³/mol. The molecule has 0 spiro atoms. The van der Waals surface area contributed by atoms with E-state index in [9.17, 15) is 4.79 Å². The van der Waals surface area contributed by atoms with Crippen LogP contribution in [-0.2, 0) is 4.79 Å². The van der Waals surface area contributed by atoms with Crippen LogP contribution in [0.1, 0.15) is 5.56 Å². The monoisotopic (exact) mass is 343 g/mol. The number of carbonyl (C=O) groups excluding carboxylic acids is 1. The van der Waals surface area contributed by atoms with Crippen molar-refractivity contribution in [2.24, 2.45) is 5.10 Å². The fraction of sp³-hybridized carbons (Fsp3) is 0.0476. The van der Waals surface area contributed by atoms with E-state index < -0.39 is 0 Å². The average molecular weight is 343 g/mol. The first-order valence-corrected chi connectivity index (χ1v) is 8.25. The zero-order valence-electron chi connectivity index (χ0n) is 14.2. The Morgan fingerprint density at radius 2 is 1.50 bits per heavy atom. The van der Waals surface area contributed by atoms with Crippen LogP contribution < -0.4 is 15.1 Å². The van der Waals surface area contributed by atoms with E-state index in [0.717, 1.165) is 22.6 Å². The summed E-state index contributed by atoms with van der Waals surface area (Å²) < 4.78 is 5.29. The van der Waals surface area contributed by atoms with Gasteiger partial charge in [0.05, 0.1) is 24.2 Å². The van der Waals surface area contributed by atoms with Gasteiger partial charge in [0.25, 0.3) is 5.91 Å². The fourth-order valence-electron chi connectivity index (χ4n) is 2.86. The number of hydrazone groups is 1. The summed E-state index contributed by atoms with van der Waals surface area (Å²) in [5.41, 5.74) is 3.55. The molecule has 1 aliphatic rings. The number of anilines is 3. The molecule has 5 heteroatoms. The van der Waals surface area contributed by atoms with Gasteiger partial charge in [-0.3, -0.25) is 4.79 Å². The van der Waals surface area contributed by atoms with E-state index >= 15 is 0 Å². The summed E-state index contributed by atoms with van der Waals surface area (Å²) in [6.07, 6.45) is 0. The number of amides is 1. The third-order valence-electron chi connectivity index (χ3n) is 4.15. The molecule has 0 radical (unpaired) electrons. The van der Waals surface area contributed by atoms with Gasteiger partial charge in [-0.1, -0.05) is 36.4 Å². The molecule has 5 nitrogen and oxygen atoms in total. The molecule has 0 atom stereocenters. The van der Waals surface area contributed by atoms with Gasteiger partial charge in [0.2, 0.25) is 0 Å². The molecule has 1 amide bonds. The lowest BCUT2D eigenvalue weighted by Gasteiger charge is -2.20. The molecule has 128 valence electrons. The number of nitrogens with zero attached hydrogens (tertiary/aromatic N) is 2. The molecule has 0 unspecified atom stereocenters. The van der Waals surface area contributed by atoms with Crippen LogP contribution in [0.3, 0.4) is 0 Å². The van der Waals surface area contributed by atoms with Crippen molar-refractivity contribution in [3.05, 3.63) is 84.4 Å². The van der Waals surface area contributed by atoms with Gasteiger partial charge in [0.1, 0.15) is 5.75 Å². The van der Waals surface area contributed by atoms with Crippen LogP contribution in [0.25, 0.3) is 0 Å². The van der Waals surface area contributed by atoms with Crippen LogP contribution >= 0.6 is 0 Å². The van der Waals surface area contributed by atoms with E-state index in [-0.39, 0.29) is 5.91 Å². The highest BCUT2D eigenvalue weighted by Crippen LogP contribution is 2.31. The number of methoxy groups -OCH3 is 1. The molecule has 0 saturated carbocycles. The van der Waals surface area contributed by atoms with Crippen LogP contribution in [-0.4, -0.2) is 18.7 Å². The minimum atomic E-state index is -0.231. The molecule has 0 saturated heterocycles. The largest absolute Gasteiger partial charge is 0.497 e. The summed E-state index contributed by atoms with van der Waals surface area (Å²) in [6.45, 7) is 0. The lowest BCUT2D eigenvalue weighted by molar-refractivity contribution is -0.110. The topological polar surface area (TPSA) is 53.9 Å². The predicted octanol–water partition coefficient (Wildman–Crippen LogP) is 4.19. The van der Waals surface area contributed by atoms with Gasteiger partial charge in [0.15, 0.2) is 5.71 Å². The molecular formula is C21H17N3O2. The first-order valence-electron chi connectivity index (χ1n) is 8.25. The Bertz CT molecular complexity index is 930. The Kier molecular flexibility index (Phi) is 4.11. The fourth-order valence-corrected chi connectivity index (χ4v) is 2.86. The Balaban J connectivity index is 1.85. The first-order chi connectivity index (χ1) is 12.8. The summed E-state index contributed by atoms with van der Waals surface area (Å²) in [6, 6.07) is 24.9. The third-order valence-corrected chi connectivity index (χ3v) is 4.15. The minimum absolute atomic E-state index is 0.231. The molecule has 1 heterocycles. The highest BCUT2D eigenvalue weighted by molar-refractivity contribution is 6.54. The van der Waals surface area contributed by atoms with Crippen molar-refractivity contribution in [2.45, 2.75) is 0 Å². The summed E-state index contributed by atoms with van der Waals surface area (Å²) in [5, 5.41) is 9.32. The molecule has 1 N–H and O–H groups in total. The number of hydrogen-bond acceptors (Lipinski definition) is 4. The van der Waals surface area contributed by atoms with Crippen molar-refractivity contribution in [3.8, 4) is 5.75 Å². The van der Waals surface area contributed by atoms with E-state index in [4.69, 9.17) is 9.84 Å².